The van der Waals surface area contributed by atoms with E-state index in [-0.39, 0.29) is 12.4 Å². The standard InChI is InChI=1S/C12H15N.ClH/c1-8-6-11-9-4-2-3-5-10(9)12(7-8)13-11;/h2-5,8,11-13H,6-7H2,1H3;1H. The summed E-state index contributed by atoms with van der Waals surface area (Å²) in [5.74, 6) is 0.878. The minimum atomic E-state index is 0. The summed E-state index contributed by atoms with van der Waals surface area (Å²) < 4.78 is 0. The van der Waals surface area contributed by atoms with E-state index < -0.39 is 0 Å². The molecule has 2 heteroatoms. The van der Waals surface area contributed by atoms with Gasteiger partial charge in [0, 0.05) is 12.1 Å². The molecule has 2 atom stereocenters. The summed E-state index contributed by atoms with van der Waals surface area (Å²) in [5.41, 5.74) is 3.11. The Labute approximate surface area is 91.3 Å². The Morgan fingerprint density at radius 2 is 1.57 bits per heavy atom. The van der Waals surface area contributed by atoms with Crippen LogP contribution in [0.4, 0.5) is 0 Å². The first-order valence-corrected chi connectivity index (χ1v) is 5.19. The van der Waals surface area contributed by atoms with Crippen LogP contribution in [-0.4, -0.2) is 0 Å². The van der Waals surface area contributed by atoms with Gasteiger partial charge in [0.2, 0.25) is 0 Å². The Morgan fingerprint density at radius 1 is 1.07 bits per heavy atom. The van der Waals surface area contributed by atoms with Crippen molar-refractivity contribution in [2.75, 3.05) is 0 Å². The summed E-state index contributed by atoms with van der Waals surface area (Å²) in [7, 11) is 0. The average Bonchev–Trinajstić information content (AvgIpc) is 2.41. The lowest BCUT2D eigenvalue weighted by Gasteiger charge is -2.26. The molecule has 0 aromatic heterocycles. The van der Waals surface area contributed by atoms with Gasteiger partial charge in [0.05, 0.1) is 0 Å². The quantitative estimate of drug-likeness (QED) is 0.692. The van der Waals surface area contributed by atoms with E-state index >= 15 is 0 Å². The van der Waals surface area contributed by atoms with Crippen LogP contribution < -0.4 is 5.32 Å². The summed E-state index contributed by atoms with van der Waals surface area (Å²) in [4.78, 5) is 0. The summed E-state index contributed by atoms with van der Waals surface area (Å²) >= 11 is 0. The molecule has 1 fully saturated rings. The Hall–Kier alpha value is -0.530. The van der Waals surface area contributed by atoms with Gasteiger partial charge >= 0.3 is 0 Å². The summed E-state index contributed by atoms with van der Waals surface area (Å²) in [6.45, 7) is 2.37. The molecule has 14 heavy (non-hydrogen) atoms. The van der Waals surface area contributed by atoms with Gasteiger partial charge in [-0.1, -0.05) is 31.2 Å². The molecule has 2 bridgehead atoms. The van der Waals surface area contributed by atoms with Crippen LogP contribution in [0.1, 0.15) is 43.0 Å². The van der Waals surface area contributed by atoms with Crippen LogP contribution in [-0.2, 0) is 0 Å². The largest absolute Gasteiger partial charge is 0.303 e. The summed E-state index contributed by atoms with van der Waals surface area (Å²) in [6.07, 6.45) is 2.63. The molecule has 0 saturated carbocycles. The van der Waals surface area contributed by atoms with Crippen molar-refractivity contribution in [3.63, 3.8) is 0 Å². The monoisotopic (exact) mass is 209 g/mol. The van der Waals surface area contributed by atoms with E-state index in [1.165, 1.54) is 12.8 Å². The van der Waals surface area contributed by atoms with Crippen LogP contribution >= 0.6 is 12.4 Å². The fraction of sp³-hybridized carbons (Fsp3) is 0.500. The second-order valence-corrected chi connectivity index (χ2v) is 4.48. The summed E-state index contributed by atoms with van der Waals surface area (Å²) in [5, 5.41) is 3.69. The lowest BCUT2D eigenvalue weighted by molar-refractivity contribution is 0.290. The molecule has 1 aromatic carbocycles. The topological polar surface area (TPSA) is 12.0 Å². The molecule has 76 valence electrons. The van der Waals surface area contributed by atoms with E-state index in [1.807, 2.05) is 0 Å². The number of fused-ring (bicyclic) bond motifs is 5. The average molecular weight is 210 g/mol. The van der Waals surface area contributed by atoms with Crippen LogP contribution in [0, 0.1) is 5.92 Å². The summed E-state index contributed by atoms with van der Waals surface area (Å²) in [6, 6.07) is 10.2. The van der Waals surface area contributed by atoms with Crippen molar-refractivity contribution in [3.05, 3.63) is 35.4 Å². The van der Waals surface area contributed by atoms with Crippen molar-refractivity contribution in [1.29, 1.82) is 0 Å². The number of nitrogens with one attached hydrogen (secondary N) is 1. The molecule has 1 N–H and O–H groups in total. The van der Waals surface area contributed by atoms with E-state index in [2.05, 4.69) is 36.5 Å². The predicted octanol–water partition coefficient (Wildman–Crippen LogP) is 3.22. The van der Waals surface area contributed by atoms with Crippen LogP contribution in [0.15, 0.2) is 24.3 Å². The highest BCUT2D eigenvalue weighted by Gasteiger charge is 2.35. The number of hydrogen-bond acceptors (Lipinski definition) is 1. The highest BCUT2D eigenvalue weighted by atomic mass is 35.5. The van der Waals surface area contributed by atoms with Crippen LogP contribution in [0.3, 0.4) is 0 Å². The Bertz CT molecular complexity index is 302. The lowest BCUT2D eigenvalue weighted by Crippen LogP contribution is -2.26. The Balaban J connectivity index is 0.000000750. The van der Waals surface area contributed by atoms with Crippen LogP contribution in [0.25, 0.3) is 0 Å². The Kier molecular flexibility index (Phi) is 2.54. The van der Waals surface area contributed by atoms with Crippen molar-refractivity contribution in [2.24, 2.45) is 5.92 Å². The second kappa shape index (κ2) is 3.56. The molecule has 3 rings (SSSR count). The van der Waals surface area contributed by atoms with Crippen LogP contribution in [0.2, 0.25) is 0 Å². The van der Waals surface area contributed by atoms with Gasteiger partial charge in [0.1, 0.15) is 0 Å². The van der Waals surface area contributed by atoms with Gasteiger partial charge in [-0.15, -0.1) is 12.4 Å². The molecule has 1 aromatic rings. The van der Waals surface area contributed by atoms with E-state index in [0.29, 0.717) is 12.1 Å². The zero-order chi connectivity index (χ0) is 8.84. The molecule has 2 unspecified atom stereocenters. The van der Waals surface area contributed by atoms with Gasteiger partial charge in [-0.05, 0) is 29.9 Å². The van der Waals surface area contributed by atoms with Gasteiger partial charge in [-0.3, -0.25) is 0 Å². The minimum absolute atomic E-state index is 0. The zero-order valence-corrected chi connectivity index (χ0v) is 9.18. The van der Waals surface area contributed by atoms with E-state index in [0.717, 1.165) is 5.92 Å². The third-order valence-electron chi connectivity index (χ3n) is 3.43. The highest BCUT2D eigenvalue weighted by molar-refractivity contribution is 5.85. The van der Waals surface area contributed by atoms with E-state index in [4.69, 9.17) is 0 Å². The molecule has 2 heterocycles. The molecule has 1 nitrogen and oxygen atoms in total. The number of halogens is 1. The third-order valence-corrected chi connectivity index (χ3v) is 3.43. The second-order valence-electron chi connectivity index (χ2n) is 4.48. The van der Waals surface area contributed by atoms with Gasteiger partial charge < -0.3 is 5.32 Å². The zero-order valence-electron chi connectivity index (χ0n) is 8.36. The molecule has 2 aliphatic rings. The fourth-order valence-electron chi connectivity index (χ4n) is 2.86. The van der Waals surface area contributed by atoms with Crippen molar-refractivity contribution in [1.82, 2.24) is 5.32 Å². The lowest BCUT2D eigenvalue weighted by atomic mass is 9.93. The molecule has 0 aliphatic carbocycles. The molecular weight excluding hydrogens is 194 g/mol. The maximum absolute atomic E-state index is 3.69. The minimum Gasteiger partial charge on any atom is -0.303 e. The Morgan fingerprint density at radius 3 is 2.07 bits per heavy atom. The molecule has 0 radical (unpaired) electrons. The van der Waals surface area contributed by atoms with Crippen LogP contribution in [0.5, 0.6) is 0 Å². The van der Waals surface area contributed by atoms with E-state index in [9.17, 15) is 0 Å². The highest BCUT2D eigenvalue weighted by Crippen LogP contribution is 2.44. The van der Waals surface area contributed by atoms with Gasteiger partial charge in [0.25, 0.3) is 0 Å². The molecule has 0 amide bonds. The molecule has 1 saturated heterocycles. The number of piperidine rings is 1. The normalized spacial score (nSPS) is 33.4. The SMILES string of the molecule is CC1CC2NC(C1)c1ccccc12.Cl. The number of hydrogen-bond donors (Lipinski definition) is 1. The fourth-order valence-corrected chi connectivity index (χ4v) is 2.86. The smallest absolute Gasteiger partial charge is 0.0331 e. The van der Waals surface area contributed by atoms with Crippen molar-refractivity contribution in [2.45, 2.75) is 31.8 Å². The molecule has 0 spiro atoms. The van der Waals surface area contributed by atoms with Gasteiger partial charge in [-0.2, -0.15) is 0 Å². The maximum Gasteiger partial charge on any atom is 0.0331 e. The number of benzene rings is 1. The van der Waals surface area contributed by atoms with E-state index in [1.54, 1.807) is 11.1 Å². The first-order valence-electron chi connectivity index (χ1n) is 5.19. The van der Waals surface area contributed by atoms with Crippen molar-refractivity contribution >= 4 is 12.4 Å². The first kappa shape index (κ1) is 10.0. The third kappa shape index (κ3) is 1.35. The predicted molar refractivity (Wildman–Crippen MR) is 60.7 cm³/mol. The van der Waals surface area contributed by atoms with Crippen molar-refractivity contribution < 1.29 is 0 Å². The van der Waals surface area contributed by atoms with Crippen molar-refractivity contribution in [3.8, 4) is 0 Å². The van der Waals surface area contributed by atoms with Gasteiger partial charge in [-0.25, -0.2) is 0 Å². The van der Waals surface area contributed by atoms with Gasteiger partial charge in [0.15, 0.2) is 0 Å². The first-order chi connectivity index (χ1) is 6.34. The molecular formula is C12H16ClN. The maximum atomic E-state index is 3.69. The molecule has 2 aliphatic heterocycles. The number of rotatable bonds is 0.